The summed E-state index contributed by atoms with van der Waals surface area (Å²) in [4.78, 5) is 26.7. The Balaban J connectivity index is 1.79. The third kappa shape index (κ3) is 6.67. The minimum absolute atomic E-state index is 0.0628. The molecule has 1 amide bonds. The molecule has 0 bridgehead atoms. The van der Waals surface area contributed by atoms with Crippen LogP contribution in [0.1, 0.15) is 61.3 Å². The predicted octanol–water partition coefficient (Wildman–Crippen LogP) is 6.40. The number of nitrogens with one attached hydrogen (secondary N) is 1. The van der Waals surface area contributed by atoms with Gasteiger partial charge in [-0.05, 0) is 0 Å². The minimum atomic E-state index is -2.18. The molecule has 0 radical (unpaired) electrons. The van der Waals surface area contributed by atoms with E-state index in [1.165, 1.54) is 12.0 Å². The zero-order valence-corrected chi connectivity index (χ0v) is 21.7. The number of esters is 1. The molecule has 1 atom stereocenters. The van der Waals surface area contributed by atoms with E-state index in [1.54, 1.807) is 0 Å². The number of ether oxygens (including phenoxy) is 1. The Labute approximate surface area is 199 Å². The van der Waals surface area contributed by atoms with E-state index >= 15 is 0 Å². The maximum absolute atomic E-state index is 13.7. The molecule has 33 heavy (non-hydrogen) atoms. The van der Waals surface area contributed by atoms with Crippen LogP contribution in [0.15, 0.2) is 42.5 Å². The van der Waals surface area contributed by atoms with E-state index in [0.717, 1.165) is 60.4 Å². The maximum atomic E-state index is 13.7. The number of amides is 1. The molecule has 2 aromatic carbocycles. The van der Waals surface area contributed by atoms with Gasteiger partial charge in [0.15, 0.2) is 0 Å². The summed E-state index contributed by atoms with van der Waals surface area (Å²) in [5.41, 5.74) is 5.26. The molecule has 1 saturated heterocycles. The fraction of sp³-hybridized carbons (Fsp3) is 0.500. The summed E-state index contributed by atoms with van der Waals surface area (Å²) in [6.45, 7) is 8.63. The molecule has 3 rings (SSSR count). The van der Waals surface area contributed by atoms with Crippen molar-refractivity contribution < 1.29 is 14.3 Å². The van der Waals surface area contributed by atoms with Crippen molar-refractivity contribution in [1.82, 2.24) is 0 Å². The second-order valence-electron chi connectivity index (χ2n) is 9.85. The van der Waals surface area contributed by atoms with Gasteiger partial charge < -0.3 is 0 Å². The molecule has 5 heteroatoms. The molecule has 0 saturated carbocycles. The van der Waals surface area contributed by atoms with Crippen LogP contribution in [0.3, 0.4) is 0 Å². The van der Waals surface area contributed by atoms with E-state index in [4.69, 9.17) is 4.74 Å². The van der Waals surface area contributed by atoms with Gasteiger partial charge in [-0.25, -0.2) is 0 Å². The Bertz CT molecular complexity index is 928. The second-order valence-corrected chi connectivity index (χ2v) is 14.6. The number of anilines is 1. The molecule has 180 valence electrons. The molecule has 1 fully saturated rings. The first-order valence-corrected chi connectivity index (χ1v) is 15.1. The first kappa shape index (κ1) is 25.4. The topological polar surface area (TPSA) is 55.4 Å². The van der Waals surface area contributed by atoms with Crippen LogP contribution in [0.2, 0.25) is 0 Å². The van der Waals surface area contributed by atoms with Gasteiger partial charge in [0.25, 0.3) is 0 Å². The zero-order valence-electron chi connectivity index (χ0n) is 20.7. The van der Waals surface area contributed by atoms with Crippen LogP contribution in [0.4, 0.5) is 5.69 Å². The molecule has 4 nitrogen and oxygen atoms in total. The van der Waals surface area contributed by atoms with Gasteiger partial charge in [-0.3, -0.25) is 0 Å². The van der Waals surface area contributed by atoms with Crippen molar-refractivity contribution in [2.75, 3.05) is 23.8 Å². The van der Waals surface area contributed by atoms with Crippen LogP contribution >= 0.6 is 7.26 Å². The van der Waals surface area contributed by atoms with Crippen LogP contribution in [-0.4, -0.2) is 36.0 Å². The van der Waals surface area contributed by atoms with Crippen LogP contribution in [0.5, 0.6) is 0 Å². The summed E-state index contributed by atoms with van der Waals surface area (Å²) in [5.74, 6) is -0.0275. The normalized spacial score (nSPS) is 17.1. The van der Waals surface area contributed by atoms with Crippen molar-refractivity contribution >= 4 is 24.8 Å². The molecule has 0 aromatic heterocycles. The van der Waals surface area contributed by atoms with Crippen molar-refractivity contribution in [2.24, 2.45) is 0 Å². The summed E-state index contributed by atoms with van der Waals surface area (Å²) in [7, 11) is -2.18. The molecule has 2 aromatic rings. The van der Waals surface area contributed by atoms with Gasteiger partial charge in [-0.2, -0.15) is 0 Å². The van der Waals surface area contributed by atoms with E-state index < -0.39 is 7.26 Å². The van der Waals surface area contributed by atoms with Gasteiger partial charge in [-0.15, -0.1) is 0 Å². The number of carbonyl (C=O) groups excluding carboxylic acids is 2. The van der Waals surface area contributed by atoms with Crippen LogP contribution in [0, 0.1) is 20.8 Å². The average molecular weight is 470 g/mol. The third-order valence-electron chi connectivity index (χ3n) is 7.15. The number of hydrogen-bond acceptors (Lipinski definition) is 3. The van der Waals surface area contributed by atoms with Gasteiger partial charge >= 0.3 is 200 Å². The molecule has 0 spiro atoms. The Morgan fingerprint density at radius 3 is 2.24 bits per heavy atom. The van der Waals surface area contributed by atoms with Gasteiger partial charge in [0, 0.05) is 0 Å². The van der Waals surface area contributed by atoms with E-state index in [0.29, 0.717) is 12.8 Å². The standard InChI is InChI=1S/C28H40NO3P/c1-5-12-25(28(31)29-27-22(3)17-21(2)18-23(27)4)33(15-10-7-11-16-33)20-26(30)32-19-24-13-8-6-9-14-24/h6,8-9,13-14,17-18,25,33H,5,7,10-12,15-16,19-20H2,1-4H3,(H,29,31). The average Bonchev–Trinajstić information content (AvgIpc) is 2.79. The van der Waals surface area contributed by atoms with Crippen LogP contribution in [0.25, 0.3) is 0 Å². The van der Waals surface area contributed by atoms with Crippen molar-refractivity contribution in [1.29, 1.82) is 0 Å². The molecule has 1 unspecified atom stereocenters. The number of benzene rings is 2. The molecular weight excluding hydrogens is 429 g/mol. The Morgan fingerprint density at radius 2 is 1.64 bits per heavy atom. The van der Waals surface area contributed by atoms with Gasteiger partial charge in [0.1, 0.15) is 0 Å². The molecule has 1 heterocycles. The van der Waals surface area contributed by atoms with Crippen molar-refractivity contribution in [2.45, 2.75) is 72.1 Å². The number of hydrogen-bond donors (Lipinski definition) is 1. The molecule has 1 aliphatic rings. The van der Waals surface area contributed by atoms with E-state index in [-0.39, 0.29) is 17.5 Å². The zero-order chi connectivity index (χ0) is 23.8. The van der Waals surface area contributed by atoms with E-state index in [1.807, 2.05) is 30.3 Å². The second kappa shape index (κ2) is 11.8. The van der Waals surface area contributed by atoms with Gasteiger partial charge in [-0.1, -0.05) is 0 Å². The van der Waals surface area contributed by atoms with Crippen molar-refractivity contribution in [3.63, 3.8) is 0 Å². The molecule has 1 N–H and O–H groups in total. The molecule has 0 aliphatic carbocycles. The molecular formula is C28H40NO3P. The summed E-state index contributed by atoms with van der Waals surface area (Å²) in [6, 6.07) is 14.1. The number of aryl methyl sites for hydroxylation is 3. The Kier molecular flexibility index (Phi) is 9.09. The van der Waals surface area contributed by atoms with Gasteiger partial charge in [0.05, 0.1) is 0 Å². The summed E-state index contributed by atoms with van der Waals surface area (Å²) in [6.07, 6.45) is 7.75. The fourth-order valence-electron chi connectivity index (χ4n) is 5.57. The fourth-order valence-corrected chi connectivity index (χ4v) is 11.2. The number of carbonyl (C=O) groups is 2. The van der Waals surface area contributed by atoms with E-state index in [2.05, 4.69) is 45.1 Å². The van der Waals surface area contributed by atoms with E-state index in [9.17, 15) is 9.59 Å². The first-order valence-electron chi connectivity index (χ1n) is 12.4. The summed E-state index contributed by atoms with van der Waals surface area (Å²) < 4.78 is 5.70. The Hall–Kier alpha value is -2.19. The van der Waals surface area contributed by atoms with Crippen molar-refractivity contribution in [3.8, 4) is 0 Å². The van der Waals surface area contributed by atoms with Gasteiger partial charge in [0.2, 0.25) is 0 Å². The monoisotopic (exact) mass is 469 g/mol. The van der Waals surface area contributed by atoms with Crippen LogP contribution in [-0.2, 0) is 20.9 Å². The summed E-state index contributed by atoms with van der Waals surface area (Å²) >= 11 is 0. The Morgan fingerprint density at radius 1 is 1.00 bits per heavy atom. The number of rotatable bonds is 9. The molecule has 1 aliphatic heterocycles. The third-order valence-corrected chi connectivity index (χ3v) is 12.9. The predicted molar refractivity (Wildman–Crippen MR) is 141 cm³/mol. The quantitative estimate of drug-likeness (QED) is 0.342. The SMILES string of the molecule is CCCC(C(=O)Nc1c(C)cc(C)cc1C)[PH]1(CC(=O)OCc2ccccc2)CCCCC1. The van der Waals surface area contributed by atoms with Crippen molar-refractivity contribution in [3.05, 3.63) is 64.7 Å². The van der Waals surface area contributed by atoms with Crippen LogP contribution < -0.4 is 5.32 Å². The first-order chi connectivity index (χ1) is 15.8. The summed E-state index contributed by atoms with van der Waals surface area (Å²) in [5, 5.41) is 3.29.